The number of ether oxygens (including phenoxy) is 2. The number of aliphatic hydroxyl groups excluding tert-OH is 1. The van der Waals surface area contributed by atoms with Crippen LogP contribution in [0.3, 0.4) is 0 Å². The molecule has 0 aromatic rings. The molecule has 1 heterocycles. The van der Waals surface area contributed by atoms with Gasteiger partial charge in [-0.05, 0) is 39.3 Å². The van der Waals surface area contributed by atoms with Crippen LogP contribution in [-0.2, 0) is 23.9 Å². The highest BCUT2D eigenvalue weighted by Gasteiger charge is 2.48. The molecule has 7 nitrogen and oxygen atoms in total. The lowest BCUT2D eigenvalue weighted by Crippen LogP contribution is -2.46. The van der Waals surface area contributed by atoms with Crippen LogP contribution in [0, 0.1) is 5.92 Å². The molecule has 1 aliphatic carbocycles. The highest BCUT2D eigenvalue weighted by Crippen LogP contribution is 2.37. The Morgan fingerprint density at radius 2 is 2.07 bits per heavy atom. The monoisotopic (exact) mass is 378 g/mol. The maximum Gasteiger partial charge on any atom is 0.334 e. The van der Waals surface area contributed by atoms with Crippen LogP contribution in [-0.4, -0.2) is 51.8 Å². The molecule has 2 aliphatic rings. The fourth-order valence-corrected chi connectivity index (χ4v) is 3.20. The highest BCUT2D eigenvalue weighted by molar-refractivity contribution is 5.92. The Kier molecular flexibility index (Phi) is 6.07. The van der Waals surface area contributed by atoms with Crippen molar-refractivity contribution in [1.29, 1.82) is 0 Å². The first-order chi connectivity index (χ1) is 12.5. The summed E-state index contributed by atoms with van der Waals surface area (Å²) in [6.45, 7) is 9.91. The Labute approximate surface area is 158 Å². The van der Waals surface area contributed by atoms with Crippen LogP contribution in [0.5, 0.6) is 0 Å². The van der Waals surface area contributed by atoms with Crippen LogP contribution in [0.4, 0.5) is 0 Å². The quantitative estimate of drug-likeness (QED) is 0.424. The Balaban J connectivity index is 2.52. The minimum Gasteiger partial charge on any atom is -0.458 e. The Morgan fingerprint density at radius 1 is 1.44 bits per heavy atom. The molecule has 1 aliphatic heterocycles. The highest BCUT2D eigenvalue weighted by atomic mass is 16.6. The van der Waals surface area contributed by atoms with Gasteiger partial charge in [0.25, 0.3) is 0 Å². The number of allylic oxidation sites excluding steroid dienone is 1. The number of carbonyl (C=O) groups excluding carboxylic acids is 3. The van der Waals surface area contributed by atoms with Crippen molar-refractivity contribution >= 4 is 17.7 Å². The second-order valence-corrected chi connectivity index (χ2v) is 7.37. The van der Waals surface area contributed by atoms with E-state index in [1.165, 1.54) is 6.92 Å². The van der Waals surface area contributed by atoms with Crippen molar-refractivity contribution in [2.24, 2.45) is 5.92 Å². The number of carbonyl (C=O) groups is 3. The van der Waals surface area contributed by atoms with Crippen molar-refractivity contribution in [2.45, 2.75) is 64.4 Å². The van der Waals surface area contributed by atoms with E-state index in [2.05, 4.69) is 6.58 Å². The molecule has 7 heteroatoms. The number of aliphatic hydroxyl groups is 2. The largest absolute Gasteiger partial charge is 0.458 e. The molecule has 0 radical (unpaired) electrons. The third-order valence-corrected chi connectivity index (χ3v) is 5.21. The van der Waals surface area contributed by atoms with E-state index in [0.29, 0.717) is 11.1 Å². The molecule has 5 atom stereocenters. The Morgan fingerprint density at radius 3 is 2.67 bits per heavy atom. The molecule has 2 N–H and O–H groups in total. The second kappa shape index (κ2) is 7.78. The van der Waals surface area contributed by atoms with Crippen LogP contribution in [0.1, 0.15) is 40.5 Å². The van der Waals surface area contributed by atoms with Crippen LogP contribution >= 0.6 is 0 Å². The van der Waals surface area contributed by atoms with Gasteiger partial charge in [-0.25, -0.2) is 9.59 Å². The predicted molar refractivity (Wildman–Crippen MR) is 96.4 cm³/mol. The SMILES string of the molecule is C=C1C(=O)O[C@H]2/C=C(/C)[C@@H](O)CC(=O)[C@@](C)(O)C[C@@H](OC(=O)/C(C)=C\C)[C@@H]12. The van der Waals surface area contributed by atoms with Crippen molar-refractivity contribution < 1.29 is 34.1 Å². The molecule has 0 aromatic carbocycles. The lowest BCUT2D eigenvalue weighted by molar-refractivity contribution is -0.156. The smallest absolute Gasteiger partial charge is 0.334 e. The summed E-state index contributed by atoms with van der Waals surface area (Å²) in [5.41, 5.74) is -0.983. The molecular weight excluding hydrogens is 352 g/mol. The zero-order valence-electron chi connectivity index (χ0n) is 16.0. The van der Waals surface area contributed by atoms with Crippen LogP contribution in [0.25, 0.3) is 0 Å². The molecule has 1 saturated heterocycles. The van der Waals surface area contributed by atoms with Gasteiger partial charge in [0.2, 0.25) is 0 Å². The van der Waals surface area contributed by atoms with Gasteiger partial charge in [0.15, 0.2) is 5.78 Å². The molecule has 0 saturated carbocycles. The van der Waals surface area contributed by atoms with Gasteiger partial charge in [0.05, 0.1) is 12.0 Å². The van der Waals surface area contributed by atoms with Gasteiger partial charge >= 0.3 is 11.9 Å². The van der Waals surface area contributed by atoms with Gasteiger partial charge in [0.1, 0.15) is 17.8 Å². The number of hydrogen-bond donors (Lipinski definition) is 2. The predicted octanol–water partition coefficient (Wildman–Crippen LogP) is 1.38. The lowest BCUT2D eigenvalue weighted by atomic mass is 9.79. The molecule has 1 fully saturated rings. The van der Waals surface area contributed by atoms with E-state index in [-0.39, 0.29) is 18.4 Å². The van der Waals surface area contributed by atoms with E-state index < -0.39 is 47.6 Å². The number of esters is 2. The molecule has 148 valence electrons. The fourth-order valence-electron chi connectivity index (χ4n) is 3.20. The molecule has 0 aromatic heterocycles. The summed E-state index contributed by atoms with van der Waals surface area (Å²) >= 11 is 0. The maximum absolute atomic E-state index is 12.5. The molecule has 2 rings (SSSR count). The van der Waals surface area contributed by atoms with Crippen LogP contribution in [0.2, 0.25) is 0 Å². The van der Waals surface area contributed by atoms with Crippen LogP contribution in [0.15, 0.2) is 35.5 Å². The topological polar surface area (TPSA) is 110 Å². The third-order valence-electron chi connectivity index (χ3n) is 5.21. The molecule has 0 spiro atoms. The second-order valence-electron chi connectivity index (χ2n) is 7.37. The van der Waals surface area contributed by atoms with E-state index >= 15 is 0 Å². The third kappa shape index (κ3) is 4.36. The van der Waals surface area contributed by atoms with Gasteiger partial charge in [0, 0.05) is 24.0 Å². The van der Waals surface area contributed by atoms with Gasteiger partial charge < -0.3 is 19.7 Å². The van der Waals surface area contributed by atoms with Crippen molar-refractivity contribution in [3.8, 4) is 0 Å². The molecular formula is C20H26O7. The summed E-state index contributed by atoms with van der Waals surface area (Å²) in [6, 6.07) is 0. The number of hydrogen-bond acceptors (Lipinski definition) is 7. The summed E-state index contributed by atoms with van der Waals surface area (Å²) in [5.74, 6) is -2.61. The summed E-state index contributed by atoms with van der Waals surface area (Å²) < 4.78 is 10.9. The van der Waals surface area contributed by atoms with Crippen molar-refractivity contribution in [3.05, 3.63) is 35.5 Å². The average molecular weight is 378 g/mol. The molecule has 0 unspecified atom stereocenters. The van der Waals surface area contributed by atoms with E-state index in [1.54, 1.807) is 32.9 Å². The molecule has 0 amide bonds. The minimum absolute atomic E-state index is 0.0956. The summed E-state index contributed by atoms with van der Waals surface area (Å²) in [4.78, 5) is 36.8. The van der Waals surface area contributed by atoms with E-state index in [1.807, 2.05) is 0 Å². The zero-order valence-corrected chi connectivity index (χ0v) is 16.0. The Hall–Kier alpha value is -2.25. The summed E-state index contributed by atoms with van der Waals surface area (Å²) in [7, 11) is 0. The van der Waals surface area contributed by atoms with Gasteiger partial charge in [-0.2, -0.15) is 0 Å². The number of rotatable bonds is 2. The number of Topliss-reactive ketones (excluding diaryl/α,β-unsaturated/α-hetero) is 1. The first-order valence-corrected chi connectivity index (χ1v) is 8.83. The van der Waals surface area contributed by atoms with Crippen LogP contribution < -0.4 is 0 Å². The van der Waals surface area contributed by atoms with Gasteiger partial charge in [-0.3, -0.25) is 4.79 Å². The van der Waals surface area contributed by atoms with Crippen molar-refractivity contribution in [1.82, 2.24) is 0 Å². The standard InChI is InChI=1S/C20H26O7/c1-6-10(2)18(23)27-15-9-20(5,25)16(22)8-13(21)11(3)7-14-17(15)12(4)19(24)26-14/h6-7,13-15,17,21,25H,4,8-9H2,1-3,5H3/b10-6-,11-7-/t13-,14-,15+,17-,20-/m0/s1. The van der Waals surface area contributed by atoms with E-state index in [0.717, 1.165) is 0 Å². The van der Waals surface area contributed by atoms with Crippen molar-refractivity contribution in [3.63, 3.8) is 0 Å². The molecule has 27 heavy (non-hydrogen) atoms. The van der Waals surface area contributed by atoms with Gasteiger partial charge in [-0.15, -0.1) is 0 Å². The average Bonchev–Trinajstić information content (AvgIpc) is 2.86. The van der Waals surface area contributed by atoms with E-state index in [9.17, 15) is 24.6 Å². The first kappa shape index (κ1) is 21.1. The summed E-state index contributed by atoms with van der Waals surface area (Å²) in [5, 5.41) is 20.9. The van der Waals surface area contributed by atoms with E-state index in [4.69, 9.17) is 9.47 Å². The van der Waals surface area contributed by atoms with Crippen molar-refractivity contribution in [2.75, 3.05) is 0 Å². The zero-order chi connectivity index (χ0) is 20.5. The van der Waals surface area contributed by atoms with Gasteiger partial charge in [-0.1, -0.05) is 12.7 Å². The number of fused-ring (bicyclic) bond motifs is 1. The Bertz CT molecular complexity index is 729. The maximum atomic E-state index is 12.5. The molecule has 0 bridgehead atoms. The first-order valence-electron chi connectivity index (χ1n) is 8.83. The lowest BCUT2D eigenvalue weighted by Gasteiger charge is -2.33. The normalized spacial score (nSPS) is 37.2. The minimum atomic E-state index is -1.86. The fraction of sp³-hybridized carbons (Fsp3) is 0.550. The summed E-state index contributed by atoms with van der Waals surface area (Å²) in [6.07, 6.45) is -0.346. The number of ketones is 1.